The van der Waals surface area contributed by atoms with Crippen LogP contribution in [0.1, 0.15) is 0 Å². The largest absolute Gasteiger partial charge is 0.394 e. The minimum Gasteiger partial charge on any atom is -0.394 e. The van der Waals surface area contributed by atoms with Gasteiger partial charge in [-0.05, 0) is 6.92 Å². The molecule has 3 N–H and O–H groups in total. The Morgan fingerprint density at radius 1 is 1.27 bits per heavy atom. The van der Waals surface area contributed by atoms with Crippen molar-refractivity contribution in [3.05, 3.63) is 6.92 Å². The molecule has 89 valence electrons. The van der Waals surface area contributed by atoms with Crippen LogP contribution in [0.2, 0.25) is 0 Å². The van der Waals surface area contributed by atoms with E-state index in [1.807, 2.05) is 0 Å². The number of primary amides is 1. The summed E-state index contributed by atoms with van der Waals surface area (Å²) in [6.07, 6.45) is 0. The number of amides is 2. The molecule has 2 amide bonds. The summed E-state index contributed by atoms with van der Waals surface area (Å²) in [5, 5.41) is 8.40. The zero-order chi connectivity index (χ0) is 11.5. The summed E-state index contributed by atoms with van der Waals surface area (Å²) in [6.45, 7) is 5.92. The number of hydrogen-bond acceptors (Lipinski definition) is 4. The van der Waals surface area contributed by atoms with Crippen LogP contribution < -0.4 is 5.73 Å². The Morgan fingerprint density at radius 2 is 1.87 bits per heavy atom. The Kier molecular flexibility index (Phi) is 9.15. The summed E-state index contributed by atoms with van der Waals surface area (Å²) >= 11 is 0. The van der Waals surface area contributed by atoms with Crippen LogP contribution in [-0.2, 0) is 9.47 Å². The molecule has 6 nitrogen and oxygen atoms in total. The summed E-state index contributed by atoms with van der Waals surface area (Å²) < 4.78 is 10.1. The summed E-state index contributed by atoms with van der Waals surface area (Å²) in [7, 11) is 0. The SMILES string of the molecule is [CH2]CN(CCOCCOCCO)C(N)=O. The smallest absolute Gasteiger partial charge is 0.314 e. The normalized spacial score (nSPS) is 10.3. The van der Waals surface area contributed by atoms with Crippen molar-refractivity contribution in [1.82, 2.24) is 4.90 Å². The molecule has 0 aromatic rings. The first-order valence-electron chi connectivity index (χ1n) is 4.82. The molecule has 0 aliphatic carbocycles. The van der Waals surface area contributed by atoms with Gasteiger partial charge >= 0.3 is 6.03 Å². The van der Waals surface area contributed by atoms with E-state index in [2.05, 4.69) is 6.92 Å². The van der Waals surface area contributed by atoms with E-state index >= 15 is 0 Å². The van der Waals surface area contributed by atoms with Gasteiger partial charge < -0.3 is 25.2 Å². The van der Waals surface area contributed by atoms with Gasteiger partial charge in [0, 0.05) is 13.1 Å². The van der Waals surface area contributed by atoms with Gasteiger partial charge in [0.2, 0.25) is 0 Å². The molecule has 15 heavy (non-hydrogen) atoms. The molecule has 0 heterocycles. The van der Waals surface area contributed by atoms with Crippen molar-refractivity contribution in [2.45, 2.75) is 0 Å². The summed E-state index contributed by atoms with van der Waals surface area (Å²) in [4.78, 5) is 12.1. The van der Waals surface area contributed by atoms with Gasteiger partial charge in [0.25, 0.3) is 0 Å². The molecule has 0 rings (SSSR count). The van der Waals surface area contributed by atoms with E-state index < -0.39 is 6.03 Å². The molecule has 0 aliphatic rings. The van der Waals surface area contributed by atoms with Gasteiger partial charge in [-0.1, -0.05) is 0 Å². The van der Waals surface area contributed by atoms with Gasteiger partial charge in [-0.15, -0.1) is 0 Å². The number of carbonyl (C=O) groups excluding carboxylic acids is 1. The second-order valence-electron chi connectivity index (χ2n) is 2.77. The Hall–Kier alpha value is -0.850. The molecule has 0 bridgehead atoms. The third-order valence-corrected chi connectivity index (χ3v) is 1.69. The van der Waals surface area contributed by atoms with E-state index in [1.165, 1.54) is 4.90 Å². The fourth-order valence-corrected chi connectivity index (χ4v) is 0.893. The lowest BCUT2D eigenvalue weighted by molar-refractivity contribution is 0.0295. The van der Waals surface area contributed by atoms with Crippen LogP contribution in [0.25, 0.3) is 0 Å². The number of ether oxygens (including phenoxy) is 2. The molecule has 0 atom stereocenters. The second-order valence-corrected chi connectivity index (χ2v) is 2.77. The predicted molar refractivity (Wildman–Crippen MR) is 55.2 cm³/mol. The molecule has 0 spiro atoms. The topological polar surface area (TPSA) is 85.0 Å². The Morgan fingerprint density at radius 3 is 2.33 bits per heavy atom. The van der Waals surface area contributed by atoms with E-state index in [0.29, 0.717) is 39.5 Å². The van der Waals surface area contributed by atoms with E-state index in [1.54, 1.807) is 0 Å². The van der Waals surface area contributed by atoms with Crippen molar-refractivity contribution in [3.63, 3.8) is 0 Å². The van der Waals surface area contributed by atoms with Crippen LogP contribution >= 0.6 is 0 Å². The van der Waals surface area contributed by atoms with E-state index in [-0.39, 0.29) is 6.61 Å². The zero-order valence-electron chi connectivity index (χ0n) is 8.85. The average Bonchev–Trinajstić information content (AvgIpc) is 2.21. The molecular formula is C9H19N2O4. The summed E-state index contributed by atoms with van der Waals surface area (Å²) in [6, 6.07) is -0.495. The van der Waals surface area contributed by atoms with Crippen LogP contribution in [0.5, 0.6) is 0 Å². The standard InChI is InChI=1S/C9H19N2O4/c1-2-11(9(10)13)3-5-14-7-8-15-6-4-12/h12H,1-8H2,(H2,10,13). The highest BCUT2D eigenvalue weighted by Gasteiger charge is 2.05. The van der Waals surface area contributed by atoms with E-state index in [0.717, 1.165) is 0 Å². The van der Waals surface area contributed by atoms with Crippen molar-refractivity contribution in [1.29, 1.82) is 0 Å². The minimum atomic E-state index is -0.495. The molecule has 0 saturated carbocycles. The van der Waals surface area contributed by atoms with Crippen molar-refractivity contribution in [2.75, 3.05) is 46.1 Å². The Balaban J connectivity index is 3.25. The quantitative estimate of drug-likeness (QED) is 0.498. The third kappa shape index (κ3) is 8.17. The molecule has 0 aliphatic heterocycles. The van der Waals surface area contributed by atoms with Gasteiger partial charge in [0.05, 0.1) is 33.0 Å². The van der Waals surface area contributed by atoms with Gasteiger partial charge in [-0.2, -0.15) is 0 Å². The Labute approximate surface area is 89.9 Å². The zero-order valence-corrected chi connectivity index (χ0v) is 8.85. The van der Waals surface area contributed by atoms with Crippen LogP contribution in [0.3, 0.4) is 0 Å². The number of aliphatic hydroxyl groups excluding tert-OH is 1. The van der Waals surface area contributed by atoms with Crippen LogP contribution in [-0.4, -0.2) is 62.2 Å². The maximum Gasteiger partial charge on any atom is 0.314 e. The average molecular weight is 219 g/mol. The van der Waals surface area contributed by atoms with Gasteiger partial charge in [0.15, 0.2) is 0 Å². The maximum atomic E-state index is 10.7. The number of carbonyl (C=O) groups is 1. The van der Waals surface area contributed by atoms with Gasteiger partial charge in [-0.25, -0.2) is 4.79 Å². The lowest BCUT2D eigenvalue weighted by atomic mass is 10.5. The first-order valence-corrected chi connectivity index (χ1v) is 4.82. The van der Waals surface area contributed by atoms with Crippen LogP contribution in [0.15, 0.2) is 0 Å². The summed E-state index contributed by atoms with van der Waals surface area (Å²) in [5.74, 6) is 0. The number of nitrogens with two attached hydrogens (primary N) is 1. The van der Waals surface area contributed by atoms with Crippen molar-refractivity contribution in [3.8, 4) is 0 Å². The highest BCUT2D eigenvalue weighted by Crippen LogP contribution is 1.87. The first kappa shape index (κ1) is 14.2. The molecule has 0 aromatic carbocycles. The minimum absolute atomic E-state index is 0.0109. The highest BCUT2D eigenvalue weighted by molar-refractivity contribution is 5.71. The van der Waals surface area contributed by atoms with Crippen molar-refractivity contribution in [2.24, 2.45) is 5.73 Å². The molecule has 1 radical (unpaired) electrons. The maximum absolute atomic E-state index is 10.7. The monoisotopic (exact) mass is 219 g/mol. The van der Waals surface area contributed by atoms with Crippen LogP contribution in [0.4, 0.5) is 4.79 Å². The Bertz CT molecular complexity index is 166. The van der Waals surface area contributed by atoms with Crippen molar-refractivity contribution < 1.29 is 19.4 Å². The first-order chi connectivity index (χ1) is 7.22. The number of urea groups is 1. The lowest BCUT2D eigenvalue weighted by Crippen LogP contribution is -2.38. The van der Waals surface area contributed by atoms with E-state index in [9.17, 15) is 4.79 Å². The fourth-order valence-electron chi connectivity index (χ4n) is 0.893. The number of aliphatic hydroxyl groups is 1. The number of rotatable bonds is 9. The third-order valence-electron chi connectivity index (χ3n) is 1.69. The van der Waals surface area contributed by atoms with E-state index in [4.69, 9.17) is 20.3 Å². The predicted octanol–water partition coefficient (Wildman–Crippen LogP) is -0.773. The van der Waals surface area contributed by atoms with Crippen molar-refractivity contribution >= 4 is 6.03 Å². The molecular weight excluding hydrogens is 200 g/mol. The number of nitrogens with zero attached hydrogens (tertiary/aromatic N) is 1. The van der Waals surface area contributed by atoms with Gasteiger partial charge in [0.1, 0.15) is 0 Å². The van der Waals surface area contributed by atoms with Crippen LogP contribution in [0, 0.1) is 6.92 Å². The fraction of sp³-hybridized carbons (Fsp3) is 0.778. The van der Waals surface area contributed by atoms with Gasteiger partial charge in [-0.3, -0.25) is 0 Å². The second kappa shape index (κ2) is 9.70. The summed E-state index contributed by atoms with van der Waals surface area (Å²) in [5.41, 5.74) is 5.07. The molecule has 0 fully saturated rings. The molecule has 0 saturated heterocycles. The molecule has 6 heteroatoms. The number of hydrogen-bond donors (Lipinski definition) is 2. The lowest BCUT2D eigenvalue weighted by Gasteiger charge is -2.17. The molecule has 0 aromatic heterocycles. The molecule has 0 unspecified atom stereocenters. The highest BCUT2D eigenvalue weighted by atomic mass is 16.5.